The van der Waals surface area contributed by atoms with E-state index < -0.39 is 0 Å². The van der Waals surface area contributed by atoms with Crippen LogP contribution >= 0.6 is 0 Å². The molecule has 6 aliphatic rings. The van der Waals surface area contributed by atoms with Gasteiger partial charge in [0.25, 0.3) is 0 Å². The standard InChI is InChI=1S/C20H24O4/c1-10(2)19-9-20-14(7-16(19)23-19)18(3)5-4-11-12(8-22-17(11)21)13(18)6-15(20)24-20/h7,10,13,15-16H,4-6,8-9H2,1-3H3/t13-,15-,16-,18-,19-,20+/m0/s1. The van der Waals surface area contributed by atoms with Crippen molar-refractivity contribution in [3.63, 3.8) is 0 Å². The van der Waals surface area contributed by atoms with E-state index in [9.17, 15) is 4.79 Å². The van der Waals surface area contributed by atoms with Crippen LogP contribution in [-0.2, 0) is 19.0 Å². The molecular weight excluding hydrogens is 304 g/mol. The van der Waals surface area contributed by atoms with Crippen LogP contribution in [0.5, 0.6) is 0 Å². The molecule has 4 heteroatoms. The van der Waals surface area contributed by atoms with Crippen LogP contribution in [0.1, 0.15) is 46.5 Å². The zero-order valence-corrected chi connectivity index (χ0v) is 14.6. The van der Waals surface area contributed by atoms with Crippen LogP contribution in [0.15, 0.2) is 22.8 Å². The molecule has 0 amide bonds. The lowest BCUT2D eigenvalue weighted by molar-refractivity contribution is -0.136. The van der Waals surface area contributed by atoms with Crippen LogP contribution in [0.2, 0.25) is 0 Å². The highest BCUT2D eigenvalue weighted by molar-refractivity contribution is 5.92. The first kappa shape index (κ1) is 14.1. The SMILES string of the molecule is CC(C)[C@@]12C[C@]34O[C@H]3C[C@H]3C5=C(CC[C@]3(C)C4=C[C@@H]1O2)C(=O)OC5. The van der Waals surface area contributed by atoms with Gasteiger partial charge in [0.05, 0.1) is 6.10 Å². The van der Waals surface area contributed by atoms with Crippen molar-refractivity contribution in [1.29, 1.82) is 0 Å². The summed E-state index contributed by atoms with van der Waals surface area (Å²) < 4.78 is 17.9. The van der Waals surface area contributed by atoms with Gasteiger partial charge in [-0.25, -0.2) is 4.79 Å². The Morgan fingerprint density at radius 2 is 2.12 bits per heavy atom. The van der Waals surface area contributed by atoms with Crippen LogP contribution in [0.25, 0.3) is 0 Å². The van der Waals surface area contributed by atoms with E-state index in [0.29, 0.717) is 24.5 Å². The number of hydrogen-bond acceptors (Lipinski definition) is 4. The number of cyclic esters (lactones) is 1. The summed E-state index contributed by atoms with van der Waals surface area (Å²) in [5.41, 5.74) is 3.71. The average molecular weight is 328 g/mol. The molecule has 24 heavy (non-hydrogen) atoms. The topological polar surface area (TPSA) is 51.4 Å². The number of hydrogen-bond donors (Lipinski definition) is 0. The number of carbonyl (C=O) groups excluding carboxylic acids is 1. The fourth-order valence-corrected chi connectivity index (χ4v) is 6.42. The zero-order chi connectivity index (χ0) is 16.5. The van der Waals surface area contributed by atoms with Gasteiger partial charge in [0, 0.05) is 12.0 Å². The highest BCUT2D eigenvalue weighted by atomic mass is 16.6. The molecule has 0 radical (unpaired) electrons. The summed E-state index contributed by atoms with van der Waals surface area (Å²) in [4.78, 5) is 12.0. The van der Waals surface area contributed by atoms with Crippen molar-refractivity contribution in [3.05, 3.63) is 22.8 Å². The molecule has 0 aromatic rings. The predicted molar refractivity (Wildman–Crippen MR) is 86.2 cm³/mol. The van der Waals surface area contributed by atoms with Crippen LogP contribution < -0.4 is 0 Å². The van der Waals surface area contributed by atoms with Crippen LogP contribution in [0, 0.1) is 17.3 Å². The molecular formula is C20H24O4. The van der Waals surface area contributed by atoms with Crippen molar-refractivity contribution < 1.29 is 19.0 Å². The summed E-state index contributed by atoms with van der Waals surface area (Å²) in [6.07, 6.45) is 6.88. The summed E-state index contributed by atoms with van der Waals surface area (Å²) >= 11 is 0. The van der Waals surface area contributed by atoms with Gasteiger partial charge in [0.1, 0.15) is 23.9 Å². The monoisotopic (exact) mass is 328 g/mol. The van der Waals surface area contributed by atoms with Gasteiger partial charge in [-0.2, -0.15) is 0 Å². The lowest BCUT2D eigenvalue weighted by Crippen LogP contribution is -2.49. The molecule has 6 atom stereocenters. The Kier molecular flexibility index (Phi) is 2.25. The molecule has 128 valence electrons. The lowest BCUT2D eigenvalue weighted by Gasteiger charge is -2.49. The largest absolute Gasteiger partial charge is 0.458 e. The number of ether oxygens (including phenoxy) is 3. The third kappa shape index (κ3) is 1.36. The molecule has 6 rings (SSSR count). The normalized spacial score (nSPS) is 53.4. The van der Waals surface area contributed by atoms with Gasteiger partial charge in [-0.1, -0.05) is 26.8 Å². The summed E-state index contributed by atoms with van der Waals surface area (Å²) in [6, 6.07) is 0. The average Bonchev–Trinajstić information content (AvgIpc) is 3.39. The molecule has 3 aliphatic carbocycles. The molecule has 0 aromatic carbocycles. The van der Waals surface area contributed by atoms with Gasteiger partial charge in [-0.3, -0.25) is 0 Å². The number of rotatable bonds is 1. The Bertz CT molecular complexity index is 749. The van der Waals surface area contributed by atoms with E-state index in [1.807, 2.05) is 0 Å². The van der Waals surface area contributed by atoms with Crippen molar-refractivity contribution in [2.24, 2.45) is 17.3 Å². The maximum Gasteiger partial charge on any atom is 0.334 e. The van der Waals surface area contributed by atoms with E-state index in [1.165, 1.54) is 11.1 Å². The van der Waals surface area contributed by atoms with E-state index >= 15 is 0 Å². The van der Waals surface area contributed by atoms with Gasteiger partial charge in [-0.05, 0) is 47.7 Å². The molecule has 3 heterocycles. The summed E-state index contributed by atoms with van der Waals surface area (Å²) in [6.45, 7) is 7.41. The van der Waals surface area contributed by atoms with Crippen molar-refractivity contribution >= 4 is 5.97 Å². The Morgan fingerprint density at radius 1 is 1.29 bits per heavy atom. The zero-order valence-electron chi connectivity index (χ0n) is 14.6. The molecule has 0 N–H and O–H groups in total. The summed E-state index contributed by atoms with van der Waals surface area (Å²) in [5.74, 6) is 0.832. The third-order valence-electron chi connectivity index (χ3n) is 8.02. The number of carbonyl (C=O) groups is 1. The quantitative estimate of drug-likeness (QED) is 0.422. The second-order valence-electron chi connectivity index (χ2n) is 9.19. The van der Waals surface area contributed by atoms with Gasteiger partial charge < -0.3 is 14.2 Å². The van der Waals surface area contributed by atoms with Gasteiger partial charge >= 0.3 is 5.97 Å². The fraction of sp³-hybridized carbons (Fsp3) is 0.750. The lowest BCUT2D eigenvalue weighted by atomic mass is 9.52. The van der Waals surface area contributed by atoms with Gasteiger partial charge in [-0.15, -0.1) is 0 Å². The smallest absolute Gasteiger partial charge is 0.334 e. The van der Waals surface area contributed by atoms with E-state index in [0.717, 1.165) is 31.3 Å². The molecule has 0 bridgehead atoms. The molecule has 0 unspecified atom stereocenters. The van der Waals surface area contributed by atoms with Crippen LogP contribution in [0.4, 0.5) is 0 Å². The maximum absolute atomic E-state index is 12.0. The predicted octanol–water partition coefficient (Wildman–Crippen LogP) is 2.92. The third-order valence-corrected chi connectivity index (χ3v) is 8.02. The second-order valence-corrected chi connectivity index (χ2v) is 9.19. The fourth-order valence-electron chi connectivity index (χ4n) is 6.42. The van der Waals surface area contributed by atoms with Crippen molar-refractivity contribution in [2.45, 2.75) is 69.9 Å². The second kappa shape index (κ2) is 3.83. The first-order valence-electron chi connectivity index (χ1n) is 9.38. The van der Waals surface area contributed by atoms with Crippen molar-refractivity contribution in [3.8, 4) is 0 Å². The number of epoxide rings is 2. The minimum absolute atomic E-state index is 0.00692. The van der Waals surface area contributed by atoms with E-state index in [1.54, 1.807) is 0 Å². The molecule has 3 fully saturated rings. The van der Waals surface area contributed by atoms with Crippen molar-refractivity contribution in [1.82, 2.24) is 0 Å². The van der Waals surface area contributed by atoms with E-state index in [4.69, 9.17) is 14.2 Å². The molecule has 2 saturated heterocycles. The summed E-state index contributed by atoms with van der Waals surface area (Å²) in [5, 5.41) is 0. The highest BCUT2D eigenvalue weighted by Gasteiger charge is 2.77. The first-order valence-corrected chi connectivity index (χ1v) is 9.38. The van der Waals surface area contributed by atoms with Gasteiger partial charge in [0.2, 0.25) is 0 Å². The number of esters is 1. The summed E-state index contributed by atoms with van der Waals surface area (Å²) in [7, 11) is 0. The van der Waals surface area contributed by atoms with Crippen molar-refractivity contribution in [2.75, 3.05) is 6.61 Å². The maximum atomic E-state index is 12.0. The Balaban J connectivity index is 1.46. The Hall–Kier alpha value is -1.13. The van der Waals surface area contributed by atoms with E-state index in [-0.39, 0.29) is 28.7 Å². The number of fused-ring (bicyclic) bond motifs is 4. The molecule has 1 spiro atoms. The van der Waals surface area contributed by atoms with E-state index in [2.05, 4.69) is 26.8 Å². The minimum Gasteiger partial charge on any atom is -0.458 e. The van der Waals surface area contributed by atoms with Crippen LogP contribution in [-0.4, -0.2) is 36.0 Å². The molecule has 1 saturated carbocycles. The first-order chi connectivity index (χ1) is 11.4. The minimum atomic E-state index is -0.0809. The highest BCUT2D eigenvalue weighted by Crippen LogP contribution is 2.72. The molecule has 4 nitrogen and oxygen atoms in total. The Morgan fingerprint density at radius 3 is 2.92 bits per heavy atom. The Labute approximate surface area is 142 Å². The molecule has 0 aromatic heterocycles. The van der Waals surface area contributed by atoms with Gasteiger partial charge in [0.15, 0.2) is 0 Å². The molecule has 3 aliphatic heterocycles. The van der Waals surface area contributed by atoms with Crippen LogP contribution in [0.3, 0.4) is 0 Å².